The number of aromatic nitrogens is 2. The first kappa shape index (κ1) is 55.7. The minimum atomic E-state index is -2.38. The molecule has 0 bridgehead atoms. The Morgan fingerprint density at radius 2 is 1.14 bits per heavy atom. The summed E-state index contributed by atoms with van der Waals surface area (Å²) in [6, 6.07) is 63.2. The van der Waals surface area contributed by atoms with Crippen molar-refractivity contribution in [2.75, 3.05) is 9.80 Å². The Balaban J connectivity index is 0.00000800. The number of hydrogen-bond acceptors (Lipinski definition) is 4. The summed E-state index contributed by atoms with van der Waals surface area (Å²) in [5.74, 6) is 1.63. The van der Waals surface area contributed by atoms with Gasteiger partial charge in [-0.2, -0.15) is 12.1 Å². The summed E-state index contributed by atoms with van der Waals surface area (Å²) in [7, 11) is 0. The third kappa shape index (κ3) is 10.9. The summed E-state index contributed by atoms with van der Waals surface area (Å²) in [4.78, 5) is 9.92. The van der Waals surface area contributed by atoms with Crippen molar-refractivity contribution in [3.05, 3.63) is 222 Å². The van der Waals surface area contributed by atoms with Gasteiger partial charge in [0.05, 0.1) is 0 Å². The van der Waals surface area contributed by atoms with Gasteiger partial charge in [0.2, 0.25) is 0 Å². The van der Waals surface area contributed by atoms with Crippen molar-refractivity contribution in [3.8, 4) is 50.7 Å². The van der Waals surface area contributed by atoms with Crippen molar-refractivity contribution in [2.45, 2.75) is 163 Å². The van der Waals surface area contributed by atoms with E-state index in [1.54, 1.807) is 6.07 Å². The molecular formula is C79H83N4OPt-3. The van der Waals surface area contributed by atoms with Crippen LogP contribution >= 0.6 is 0 Å². The number of para-hydroxylation sites is 2. The molecule has 8 aromatic carbocycles. The number of pyridine rings is 1. The topological polar surface area (TPSA) is 33.5 Å². The molecule has 0 saturated heterocycles. The maximum absolute atomic E-state index is 8.75. The minimum Gasteiger partial charge on any atom is -0.509 e. The van der Waals surface area contributed by atoms with Gasteiger partial charge in [0.1, 0.15) is 5.82 Å². The van der Waals surface area contributed by atoms with Gasteiger partial charge < -0.3 is 19.1 Å². The van der Waals surface area contributed by atoms with Crippen LogP contribution in [0.1, 0.15) is 167 Å². The Bertz CT molecular complexity index is 4300. The van der Waals surface area contributed by atoms with Gasteiger partial charge in [-0.1, -0.05) is 213 Å². The number of aryl methyl sites for hydroxylation is 1. The average molecular weight is 1300 g/mol. The van der Waals surface area contributed by atoms with E-state index in [2.05, 4.69) is 259 Å². The van der Waals surface area contributed by atoms with Gasteiger partial charge in [-0.25, -0.2) is 4.98 Å². The third-order valence-corrected chi connectivity index (χ3v) is 17.9. The zero-order chi connectivity index (χ0) is 62.1. The van der Waals surface area contributed by atoms with E-state index in [-0.39, 0.29) is 59.1 Å². The second-order valence-corrected chi connectivity index (χ2v) is 29.1. The maximum atomic E-state index is 8.75. The van der Waals surface area contributed by atoms with Crippen molar-refractivity contribution >= 4 is 44.6 Å². The molecule has 1 aliphatic carbocycles. The van der Waals surface area contributed by atoms with E-state index in [1.165, 1.54) is 38.9 Å². The molecule has 1 aliphatic heterocycles. The molecule has 0 radical (unpaired) electrons. The third-order valence-electron chi connectivity index (χ3n) is 17.9. The molecule has 5 nitrogen and oxygen atoms in total. The van der Waals surface area contributed by atoms with Crippen LogP contribution in [0.5, 0.6) is 11.5 Å². The first-order chi connectivity index (χ1) is 40.8. The number of rotatable bonds is 8. The van der Waals surface area contributed by atoms with Gasteiger partial charge in [-0.05, 0) is 144 Å². The zero-order valence-corrected chi connectivity index (χ0v) is 54.9. The van der Waals surface area contributed by atoms with Crippen LogP contribution in [-0.2, 0) is 53.6 Å². The molecule has 2 aromatic heterocycles. The Morgan fingerprint density at radius 3 is 1.80 bits per heavy atom. The van der Waals surface area contributed by atoms with E-state index in [4.69, 9.17) is 13.8 Å². The molecule has 85 heavy (non-hydrogen) atoms. The van der Waals surface area contributed by atoms with E-state index in [0.29, 0.717) is 28.2 Å². The molecule has 0 fully saturated rings. The summed E-state index contributed by atoms with van der Waals surface area (Å²) < 4.78 is 35.2. The largest absolute Gasteiger partial charge is 0.509 e. The molecule has 0 N–H and O–H groups in total. The minimum absolute atomic E-state index is 0. The van der Waals surface area contributed by atoms with Crippen molar-refractivity contribution < 1.29 is 29.9 Å². The van der Waals surface area contributed by atoms with Crippen molar-refractivity contribution in [3.63, 3.8) is 0 Å². The number of ether oxygens (including phenoxy) is 1. The summed E-state index contributed by atoms with van der Waals surface area (Å²) in [5.41, 5.74) is 19.8. The van der Waals surface area contributed by atoms with Gasteiger partial charge in [0.15, 0.2) is 0 Å². The molecule has 6 heteroatoms. The molecule has 3 heterocycles. The normalized spacial score (nSPS) is 15.7. The molecule has 0 saturated carbocycles. The average Bonchev–Trinajstić information content (AvgIpc) is 1.36. The Kier molecular flexibility index (Phi) is 14.0. The maximum Gasteiger partial charge on any atom is 0.135 e. The standard InChI is InChI=1S/C79H83N4O.Pt/c1-50-26-23-35-68-71(50)60-37-36-58(46-69(60)83(68)70-47-65(77(11,12)13)63(48-80-70)59-31-25-32-64-72(59)79(16,17)39-38-78(64,14)15)84-57-30-24-29-56(45-57)81-49-82(67-34-22-21-33-66(67)81)73-61(51-27-19-18-20-28-51)43-55(76(8,9)10)44-62(73)52-40-53(74(2,3)4)42-54(41-52)75(5,6)7;/h18-37,40-44,47-49H,38-39H2,1-17H3;/q-3;/i1D3;. The zero-order valence-electron chi connectivity index (χ0n) is 55.6. The van der Waals surface area contributed by atoms with Crippen LogP contribution in [0.25, 0.3) is 61.0 Å². The summed E-state index contributed by atoms with van der Waals surface area (Å²) in [6.45, 7) is 36.9. The number of hydrogen-bond donors (Lipinski definition) is 0. The number of benzene rings is 8. The van der Waals surface area contributed by atoms with E-state index in [9.17, 15) is 0 Å². The van der Waals surface area contributed by atoms with Gasteiger partial charge in [-0.15, -0.1) is 48.1 Å². The second-order valence-electron chi connectivity index (χ2n) is 29.1. The van der Waals surface area contributed by atoms with Gasteiger partial charge in [0.25, 0.3) is 0 Å². The molecule has 12 rings (SSSR count). The fourth-order valence-electron chi connectivity index (χ4n) is 12.9. The molecule has 10 aromatic rings. The van der Waals surface area contributed by atoms with Crippen molar-refractivity contribution in [2.24, 2.45) is 0 Å². The van der Waals surface area contributed by atoms with Crippen LogP contribution in [0.2, 0.25) is 0 Å². The number of anilines is 4. The van der Waals surface area contributed by atoms with Crippen molar-refractivity contribution in [1.29, 1.82) is 0 Å². The van der Waals surface area contributed by atoms with E-state index in [1.807, 2.05) is 42.6 Å². The Hall–Kier alpha value is -7.20. The van der Waals surface area contributed by atoms with Crippen LogP contribution < -0.4 is 14.5 Å². The second kappa shape index (κ2) is 21.3. The van der Waals surface area contributed by atoms with Gasteiger partial charge >= 0.3 is 0 Å². The quantitative estimate of drug-likeness (QED) is 0.142. The molecule has 0 unspecified atom stereocenters. The van der Waals surface area contributed by atoms with Gasteiger partial charge in [0, 0.05) is 82.1 Å². The van der Waals surface area contributed by atoms with E-state index in [0.717, 1.165) is 74.3 Å². The van der Waals surface area contributed by atoms with Crippen LogP contribution in [0, 0.1) is 25.7 Å². The SMILES string of the molecule is [2H]C([2H])([2H])c1cccc2c1c1ccc(Oc3[c-]c(N4[CH-]N(c5c(-c6ccccc6)cc(C(C)(C)C)cc5-c5cc(C(C)(C)C)cc(C(C)(C)C)c5)c5ccccc54)ccc3)[c-]c1n2-c1cc(C(C)(C)C)c(-c2cccc3c2C(C)(C)CCC3(C)C)cn1.[Pt]. The fourth-order valence-corrected chi connectivity index (χ4v) is 12.9. The molecule has 438 valence electrons. The van der Waals surface area contributed by atoms with Crippen LogP contribution in [0.15, 0.2) is 164 Å². The Labute approximate surface area is 526 Å². The summed E-state index contributed by atoms with van der Waals surface area (Å²) >= 11 is 0. The predicted octanol–water partition coefficient (Wildman–Crippen LogP) is 21.8. The fraction of sp³-hybridized carbons (Fsp3) is 0.316. The number of fused-ring (bicyclic) bond motifs is 5. The first-order valence-corrected chi connectivity index (χ1v) is 30.1. The molecule has 2 aliphatic rings. The van der Waals surface area contributed by atoms with E-state index >= 15 is 0 Å². The summed E-state index contributed by atoms with van der Waals surface area (Å²) in [5, 5.41) is 1.39. The monoisotopic (exact) mass is 1300 g/mol. The predicted molar refractivity (Wildman–Crippen MR) is 355 cm³/mol. The molecular weight excluding hydrogens is 1220 g/mol. The summed E-state index contributed by atoms with van der Waals surface area (Å²) in [6.07, 6.45) is 4.26. The first-order valence-electron chi connectivity index (χ1n) is 31.6. The van der Waals surface area contributed by atoms with E-state index < -0.39 is 6.85 Å². The van der Waals surface area contributed by atoms with Crippen LogP contribution in [-0.4, -0.2) is 9.55 Å². The van der Waals surface area contributed by atoms with Crippen LogP contribution in [0.3, 0.4) is 0 Å². The van der Waals surface area contributed by atoms with Gasteiger partial charge in [-0.3, -0.25) is 0 Å². The Morgan fingerprint density at radius 1 is 0.541 bits per heavy atom. The smallest absolute Gasteiger partial charge is 0.135 e. The van der Waals surface area contributed by atoms with Crippen LogP contribution in [0.4, 0.5) is 22.7 Å². The molecule has 0 atom stereocenters. The number of nitrogens with zero attached hydrogens (tertiary/aromatic N) is 4. The molecule has 0 spiro atoms. The molecule has 0 amide bonds. The van der Waals surface area contributed by atoms with Crippen molar-refractivity contribution in [1.82, 2.24) is 9.55 Å².